The van der Waals surface area contributed by atoms with E-state index in [1.54, 1.807) is 36.4 Å². The fraction of sp³-hybridized carbons (Fsp3) is 0.133. The zero-order chi connectivity index (χ0) is 13.8. The van der Waals surface area contributed by atoms with Gasteiger partial charge in [0.25, 0.3) is 0 Å². The molecule has 0 spiro atoms. The van der Waals surface area contributed by atoms with Crippen LogP contribution in [0.4, 0.5) is 4.39 Å². The minimum Gasteiger partial charge on any atom is -0.495 e. The monoisotopic (exact) mass is 278 g/mol. The average molecular weight is 279 g/mol. The smallest absolute Gasteiger partial charge is 0.167 e. The number of hydrogen-bond donors (Lipinski definition) is 0. The van der Waals surface area contributed by atoms with Crippen molar-refractivity contribution in [1.29, 1.82) is 0 Å². The minimum absolute atomic E-state index is 0.0114. The van der Waals surface area contributed by atoms with Gasteiger partial charge in [0.2, 0.25) is 0 Å². The Morgan fingerprint density at radius 3 is 2.68 bits per heavy atom. The van der Waals surface area contributed by atoms with Gasteiger partial charge >= 0.3 is 0 Å². The predicted molar refractivity (Wildman–Crippen MR) is 72.4 cm³/mol. The third kappa shape index (κ3) is 3.12. The Bertz CT molecular complexity index is 611. The molecular formula is C15H12ClFO2. The van der Waals surface area contributed by atoms with Crippen molar-refractivity contribution in [2.45, 2.75) is 6.42 Å². The van der Waals surface area contributed by atoms with E-state index in [1.807, 2.05) is 0 Å². The van der Waals surface area contributed by atoms with Gasteiger partial charge < -0.3 is 4.74 Å². The van der Waals surface area contributed by atoms with Crippen molar-refractivity contribution in [3.63, 3.8) is 0 Å². The number of carbonyl (C=O) groups is 1. The Kier molecular flexibility index (Phi) is 4.17. The molecule has 0 aliphatic carbocycles. The molecule has 0 saturated heterocycles. The predicted octanol–water partition coefficient (Wildman–Crippen LogP) is 3.91. The Labute approximate surface area is 115 Å². The first-order valence-corrected chi connectivity index (χ1v) is 6.09. The maximum atomic E-state index is 13.5. The molecule has 0 atom stereocenters. The molecule has 98 valence electrons. The summed E-state index contributed by atoms with van der Waals surface area (Å²) in [4.78, 5) is 12.1. The lowest BCUT2D eigenvalue weighted by Gasteiger charge is -2.06. The second kappa shape index (κ2) is 5.85. The van der Waals surface area contributed by atoms with Gasteiger partial charge in [-0.3, -0.25) is 4.79 Å². The summed E-state index contributed by atoms with van der Waals surface area (Å²) in [6.45, 7) is 0. The molecule has 0 unspecified atom stereocenters. The molecule has 0 saturated carbocycles. The van der Waals surface area contributed by atoms with Gasteiger partial charge in [0.05, 0.1) is 12.1 Å². The zero-order valence-electron chi connectivity index (χ0n) is 10.3. The van der Waals surface area contributed by atoms with Gasteiger partial charge in [-0.15, -0.1) is 0 Å². The summed E-state index contributed by atoms with van der Waals surface area (Å²) in [5.74, 6) is -0.127. The maximum absolute atomic E-state index is 13.5. The molecule has 19 heavy (non-hydrogen) atoms. The first-order chi connectivity index (χ1) is 9.11. The third-order valence-electron chi connectivity index (χ3n) is 2.78. The SMILES string of the molecule is COc1cc(C(=O)Cc2ccccc2F)ccc1Cl. The second-order valence-corrected chi connectivity index (χ2v) is 4.45. The highest BCUT2D eigenvalue weighted by molar-refractivity contribution is 6.32. The maximum Gasteiger partial charge on any atom is 0.167 e. The van der Waals surface area contributed by atoms with Crippen LogP contribution in [0.2, 0.25) is 5.02 Å². The molecule has 0 aliphatic heterocycles. The molecule has 0 heterocycles. The molecule has 0 bridgehead atoms. The van der Waals surface area contributed by atoms with E-state index in [-0.39, 0.29) is 18.0 Å². The summed E-state index contributed by atoms with van der Waals surface area (Å²) in [5, 5.41) is 0.435. The Morgan fingerprint density at radius 1 is 1.26 bits per heavy atom. The topological polar surface area (TPSA) is 26.3 Å². The van der Waals surface area contributed by atoms with Crippen molar-refractivity contribution in [3.05, 3.63) is 64.4 Å². The summed E-state index contributed by atoms with van der Waals surface area (Å²) in [7, 11) is 1.48. The average Bonchev–Trinajstić information content (AvgIpc) is 2.42. The number of rotatable bonds is 4. The van der Waals surface area contributed by atoms with Crippen molar-refractivity contribution in [1.82, 2.24) is 0 Å². The van der Waals surface area contributed by atoms with E-state index in [1.165, 1.54) is 13.2 Å². The first-order valence-electron chi connectivity index (χ1n) is 5.72. The Hall–Kier alpha value is -1.87. The highest BCUT2D eigenvalue weighted by atomic mass is 35.5. The lowest BCUT2D eigenvalue weighted by Crippen LogP contribution is -2.05. The second-order valence-electron chi connectivity index (χ2n) is 4.04. The van der Waals surface area contributed by atoms with Crippen LogP contribution in [0.25, 0.3) is 0 Å². The molecule has 0 fully saturated rings. The minimum atomic E-state index is -0.378. The summed E-state index contributed by atoms with van der Waals surface area (Å²) in [6, 6.07) is 11.0. The fourth-order valence-electron chi connectivity index (χ4n) is 1.75. The van der Waals surface area contributed by atoms with Crippen molar-refractivity contribution < 1.29 is 13.9 Å². The van der Waals surface area contributed by atoms with E-state index in [9.17, 15) is 9.18 Å². The summed E-state index contributed by atoms with van der Waals surface area (Å²) in [5.41, 5.74) is 0.825. The lowest BCUT2D eigenvalue weighted by molar-refractivity contribution is 0.0991. The normalized spacial score (nSPS) is 10.3. The number of hydrogen-bond acceptors (Lipinski definition) is 2. The third-order valence-corrected chi connectivity index (χ3v) is 3.09. The number of ether oxygens (including phenoxy) is 1. The quantitative estimate of drug-likeness (QED) is 0.793. The molecular weight excluding hydrogens is 267 g/mol. The number of Topliss-reactive ketones (excluding diaryl/α,β-unsaturated/α-hetero) is 1. The van der Waals surface area contributed by atoms with Crippen molar-refractivity contribution in [3.8, 4) is 5.75 Å². The summed E-state index contributed by atoms with van der Waals surface area (Å²) < 4.78 is 18.5. The number of benzene rings is 2. The van der Waals surface area contributed by atoms with Crippen molar-refractivity contribution in [2.24, 2.45) is 0 Å². The zero-order valence-corrected chi connectivity index (χ0v) is 11.1. The van der Waals surface area contributed by atoms with E-state index < -0.39 is 0 Å². The molecule has 4 heteroatoms. The van der Waals surface area contributed by atoms with E-state index in [4.69, 9.17) is 16.3 Å². The highest BCUT2D eigenvalue weighted by Crippen LogP contribution is 2.25. The molecule has 2 nitrogen and oxygen atoms in total. The van der Waals surface area contributed by atoms with Gasteiger partial charge in [-0.2, -0.15) is 0 Å². The number of halogens is 2. The van der Waals surface area contributed by atoms with Crippen LogP contribution in [0.3, 0.4) is 0 Å². The van der Waals surface area contributed by atoms with Crippen LogP contribution < -0.4 is 4.74 Å². The molecule has 2 rings (SSSR count). The van der Waals surface area contributed by atoms with Crippen LogP contribution in [0.1, 0.15) is 15.9 Å². The van der Waals surface area contributed by atoms with E-state index in [2.05, 4.69) is 0 Å². The molecule has 0 aromatic heterocycles. The fourth-order valence-corrected chi connectivity index (χ4v) is 1.94. The van der Waals surface area contributed by atoms with Crippen LogP contribution in [-0.4, -0.2) is 12.9 Å². The van der Waals surface area contributed by atoms with Gasteiger partial charge in [-0.25, -0.2) is 4.39 Å². The number of methoxy groups -OCH3 is 1. The number of ketones is 1. The van der Waals surface area contributed by atoms with Gasteiger partial charge in [-0.05, 0) is 29.8 Å². The van der Waals surface area contributed by atoms with Crippen LogP contribution >= 0.6 is 11.6 Å². The van der Waals surface area contributed by atoms with Crippen LogP contribution in [-0.2, 0) is 6.42 Å². The van der Waals surface area contributed by atoms with Gasteiger partial charge in [-0.1, -0.05) is 29.8 Å². The van der Waals surface area contributed by atoms with Crippen molar-refractivity contribution in [2.75, 3.05) is 7.11 Å². The molecule has 0 N–H and O–H groups in total. The largest absolute Gasteiger partial charge is 0.495 e. The lowest BCUT2D eigenvalue weighted by atomic mass is 10.0. The summed E-state index contributed by atoms with van der Waals surface area (Å²) in [6.07, 6.45) is 0.0114. The van der Waals surface area contributed by atoms with Crippen LogP contribution in [0, 0.1) is 5.82 Å². The highest BCUT2D eigenvalue weighted by Gasteiger charge is 2.12. The van der Waals surface area contributed by atoms with Gasteiger partial charge in [0, 0.05) is 12.0 Å². The van der Waals surface area contributed by atoms with Gasteiger partial charge in [0.1, 0.15) is 11.6 Å². The van der Waals surface area contributed by atoms with Gasteiger partial charge in [0.15, 0.2) is 5.78 Å². The Morgan fingerprint density at radius 2 is 2.00 bits per heavy atom. The van der Waals surface area contributed by atoms with E-state index in [0.717, 1.165) is 0 Å². The van der Waals surface area contributed by atoms with Crippen molar-refractivity contribution >= 4 is 17.4 Å². The molecule has 2 aromatic carbocycles. The molecule has 2 aromatic rings. The van der Waals surface area contributed by atoms with Crippen LogP contribution in [0.5, 0.6) is 5.75 Å². The van der Waals surface area contributed by atoms with Crippen LogP contribution in [0.15, 0.2) is 42.5 Å². The standard InChI is InChI=1S/C15H12ClFO2/c1-19-15-9-11(6-7-12(15)16)14(18)8-10-4-2-3-5-13(10)17/h2-7,9H,8H2,1H3. The molecule has 0 amide bonds. The molecule has 0 aliphatic rings. The Balaban J connectivity index is 2.23. The van der Waals surface area contributed by atoms with E-state index >= 15 is 0 Å². The summed E-state index contributed by atoms with van der Waals surface area (Å²) >= 11 is 5.89. The number of carbonyl (C=O) groups excluding carboxylic acids is 1. The first kappa shape index (κ1) is 13.6. The van der Waals surface area contributed by atoms with E-state index in [0.29, 0.717) is 21.9 Å². The molecule has 0 radical (unpaired) electrons.